The summed E-state index contributed by atoms with van der Waals surface area (Å²) in [6, 6.07) is 9.74. The maximum absolute atomic E-state index is 12.2. The maximum Gasteiger partial charge on any atom is 1.00 e. The van der Waals surface area contributed by atoms with E-state index in [2.05, 4.69) is 19.9 Å². The Morgan fingerprint density at radius 3 is 1.57 bits per heavy atom. The van der Waals surface area contributed by atoms with Gasteiger partial charge in [0, 0.05) is 5.39 Å². The van der Waals surface area contributed by atoms with Gasteiger partial charge in [-0.2, -0.15) is 0 Å². The van der Waals surface area contributed by atoms with E-state index in [1.807, 2.05) is 18.2 Å². The molecule has 0 unspecified atom stereocenters. The molecule has 2 aromatic rings. The van der Waals surface area contributed by atoms with E-state index in [4.69, 9.17) is 0 Å². The Labute approximate surface area is 250 Å². The zero-order valence-corrected chi connectivity index (χ0v) is 27.0. The zero-order valence-electron chi connectivity index (χ0n) is 24.2. The summed E-state index contributed by atoms with van der Waals surface area (Å²) in [5, 5.41) is 1.55. The molecule has 0 saturated carbocycles. The van der Waals surface area contributed by atoms with E-state index in [-0.39, 0.29) is 34.5 Å². The van der Waals surface area contributed by atoms with E-state index in [1.54, 1.807) is 6.07 Å². The minimum absolute atomic E-state index is 0. The van der Waals surface area contributed by atoms with Gasteiger partial charge in [0.1, 0.15) is 10.1 Å². The van der Waals surface area contributed by atoms with Crippen molar-refractivity contribution in [2.45, 2.75) is 147 Å². The molecule has 0 bridgehead atoms. The molecule has 5 heteroatoms. The molecule has 0 saturated heterocycles. The first-order valence-electron chi connectivity index (χ1n) is 15.0. The van der Waals surface area contributed by atoms with E-state index >= 15 is 0 Å². The van der Waals surface area contributed by atoms with E-state index in [1.165, 1.54) is 89.9 Å². The van der Waals surface area contributed by atoms with Crippen molar-refractivity contribution in [2.24, 2.45) is 0 Å². The predicted octanol–water partition coefficient (Wildman–Crippen LogP) is 6.89. The second-order valence-electron chi connectivity index (χ2n) is 10.7. The summed E-state index contributed by atoms with van der Waals surface area (Å²) in [4.78, 5) is -0.0163. The minimum Gasteiger partial charge on any atom is -0.744 e. The van der Waals surface area contributed by atoms with Crippen LogP contribution in [0.5, 0.6) is 0 Å². The molecule has 2 aromatic carbocycles. The Bertz CT molecular complexity index is 971. The normalized spacial score (nSPS) is 11.6. The fraction of sp³-hybridized carbons (Fsp3) is 0.688. The van der Waals surface area contributed by atoms with Crippen LogP contribution in [0.25, 0.3) is 10.8 Å². The Kier molecular flexibility index (Phi) is 19.2. The largest absolute Gasteiger partial charge is 1.00 e. The smallest absolute Gasteiger partial charge is 0.744 e. The van der Waals surface area contributed by atoms with E-state index in [9.17, 15) is 13.0 Å². The fourth-order valence-corrected chi connectivity index (χ4v) is 6.13. The summed E-state index contributed by atoms with van der Waals surface area (Å²) < 4.78 is 36.7. The number of hydrogen-bond acceptors (Lipinski definition) is 3. The first-order valence-corrected chi connectivity index (χ1v) is 16.4. The van der Waals surface area contributed by atoms with E-state index < -0.39 is 10.1 Å². The van der Waals surface area contributed by atoms with Crippen LogP contribution in [0.1, 0.15) is 141 Å². The molecule has 0 aliphatic rings. The van der Waals surface area contributed by atoms with Gasteiger partial charge in [0.2, 0.25) is 0 Å². The molecule has 0 fully saturated rings. The number of fused-ring (bicyclic) bond motifs is 1. The second-order valence-corrected chi connectivity index (χ2v) is 12.1. The molecule has 0 N–H and O–H groups in total. The summed E-state index contributed by atoms with van der Waals surface area (Å²) in [6.07, 6.45) is 24.3. The SMILES string of the molecule is CCCCCCCCCCCc1cc(S(=O)(=O)[O-])c2c(CCCCCCCCCCC)cccc2c1.[Na+]. The van der Waals surface area contributed by atoms with Crippen molar-refractivity contribution in [3.8, 4) is 0 Å². The summed E-state index contributed by atoms with van der Waals surface area (Å²) in [6.45, 7) is 4.49. The Balaban J connectivity index is 0.00000684. The van der Waals surface area contributed by atoms with Crippen molar-refractivity contribution in [2.75, 3.05) is 0 Å². The molecule has 3 nitrogen and oxygen atoms in total. The molecule has 0 radical (unpaired) electrons. The summed E-state index contributed by atoms with van der Waals surface area (Å²) >= 11 is 0. The van der Waals surface area contributed by atoms with Gasteiger partial charge in [-0.1, -0.05) is 141 Å². The minimum atomic E-state index is -4.53. The van der Waals surface area contributed by atoms with E-state index in [0.29, 0.717) is 5.39 Å². The van der Waals surface area contributed by atoms with E-state index in [0.717, 1.165) is 55.0 Å². The van der Waals surface area contributed by atoms with Crippen molar-refractivity contribution in [1.29, 1.82) is 0 Å². The average molecular weight is 539 g/mol. The summed E-state index contributed by atoms with van der Waals surface area (Å²) in [5.74, 6) is 0. The quantitative estimate of drug-likeness (QED) is 0.0987. The molecule has 37 heavy (non-hydrogen) atoms. The van der Waals surface area contributed by atoms with Crippen LogP contribution >= 0.6 is 0 Å². The average Bonchev–Trinajstić information content (AvgIpc) is 2.85. The Morgan fingerprint density at radius 2 is 1.08 bits per heavy atom. The number of hydrogen-bond donors (Lipinski definition) is 0. The van der Waals surface area contributed by atoms with Gasteiger partial charge in [-0.05, 0) is 48.3 Å². The topological polar surface area (TPSA) is 57.2 Å². The van der Waals surface area contributed by atoms with Gasteiger partial charge in [0.15, 0.2) is 0 Å². The Morgan fingerprint density at radius 1 is 0.622 bits per heavy atom. The number of unbranched alkanes of at least 4 members (excludes halogenated alkanes) is 16. The van der Waals surface area contributed by atoms with Gasteiger partial charge in [-0.3, -0.25) is 0 Å². The van der Waals surface area contributed by atoms with Crippen molar-refractivity contribution in [3.05, 3.63) is 41.5 Å². The number of benzene rings is 2. The number of aryl methyl sites for hydroxylation is 2. The third-order valence-electron chi connectivity index (χ3n) is 7.47. The third-order valence-corrected chi connectivity index (χ3v) is 8.34. The molecule has 0 heterocycles. The van der Waals surface area contributed by atoms with Gasteiger partial charge in [-0.25, -0.2) is 8.42 Å². The van der Waals surface area contributed by atoms with Crippen molar-refractivity contribution < 1.29 is 42.5 Å². The van der Waals surface area contributed by atoms with Crippen LogP contribution in [0.2, 0.25) is 0 Å². The van der Waals surface area contributed by atoms with Crippen molar-refractivity contribution in [3.63, 3.8) is 0 Å². The van der Waals surface area contributed by atoms with Crippen LogP contribution < -0.4 is 29.6 Å². The molecule has 0 spiro atoms. The van der Waals surface area contributed by atoms with Crippen molar-refractivity contribution >= 4 is 20.9 Å². The molecule has 0 aliphatic carbocycles. The van der Waals surface area contributed by atoms with Gasteiger partial charge in [0.05, 0.1) is 4.90 Å². The van der Waals surface area contributed by atoms with Gasteiger partial charge in [0.25, 0.3) is 0 Å². The monoisotopic (exact) mass is 538 g/mol. The Hall–Kier alpha value is -0.390. The molecule has 0 aromatic heterocycles. The molecule has 204 valence electrons. The molecule has 2 rings (SSSR count). The van der Waals surface area contributed by atoms with Crippen LogP contribution in [0.3, 0.4) is 0 Å². The molecule has 0 amide bonds. The van der Waals surface area contributed by atoms with Gasteiger partial charge in [-0.15, -0.1) is 0 Å². The predicted molar refractivity (Wildman–Crippen MR) is 154 cm³/mol. The third kappa shape index (κ3) is 14.0. The first kappa shape index (κ1) is 34.6. The van der Waals surface area contributed by atoms with Crippen LogP contribution in [0.15, 0.2) is 35.2 Å². The summed E-state index contributed by atoms with van der Waals surface area (Å²) in [7, 11) is -4.53. The molecular formula is C32H51NaO3S. The maximum atomic E-state index is 12.2. The first-order chi connectivity index (χ1) is 17.5. The summed E-state index contributed by atoms with van der Waals surface area (Å²) in [5.41, 5.74) is 1.97. The second kappa shape index (κ2) is 20.5. The van der Waals surface area contributed by atoms with Crippen LogP contribution in [-0.2, 0) is 23.0 Å². The van der Waals surface area contributed by atoms with Crippen molar-refractivity contribution in [1.82, 2.24) is 0 Å². The number of rotatable bonds is 21. The van der Waals surface area contributed by atoms with Crippen LogP contribution in [0, 0.1) is 0 Å². The molecule has 0 atom stereocenters. The van der Waals surface area contributed by atoms with Gasteiger partial charge >= 0.3 is 29.6 Å². The fourth-order valence-electron chi connectivity index (χ4n) is 5.34. The van der Waals surface area contributed by atoms with Gasteiger partial charge < -0.3 is 4.55 Å². The standard InChI is InChI=1S/C32H52O3S.Na/c1-3-5-7-9-11-13-15-17-19-22-28-26-30-25-21-24-29(32(30)31(27-28)36(33,34)35)23-20-18-16-14-12-10-8-6-4-2;/h21,24-27H,3-20,22-23H2,1-2H3,(H,33,34,35);/q;+1/p-1. The zero-order chi connectivity index (χ0) is 26.1. The van der Waals surface area contributed by atoms with Crippen LogP contribution in [0.4, 0.5) is 0 Å². The molecular weight excluding hydrogens is 487 g/mol. The molecule has 0 aliphatic heterocycles. The van der Waals surface area contributed by atoms with Crippen LogP contribution in [-0.4, -0.2) is 13.0 Å².